The number of unbranched alkanes of at least 4 members (excludes halogenated alkanes) is 1. The summed E-state index contributed by atoms with van der Waals surface area (Å²) in [5.74, 6) is -1.67. The average Bonchev–Trinajstić information content (AvgIpc) is 2.39. The average molecular weight is 273 g/mol. The molecule has 0 rings (SSSR count). The SMILES string of the molecule is CCCCC(O)C(=O)NC(CC)CC(CC)C(=O)O. The minimum Gasteiger partial charge on any atom is -0.481 e. The fraction of sp³-hybridized carbons (Fsp3) is 0.857. The lowest BCUT2D eigenvalue weighted by Gasteiger charge is -2.22. The van der Waals surface area contributed by atoms with Gasteiger partial charge in [0.05, 0.1) is 5.92 Å². The van der Waals surface area contributed by atoms with Crippen LogP contribution in [0.3, 0.4) is 0 Å². The molecule has 0 fully saturated rings. The molecule has 0 aromatic rings. The molecule has 0 aromatic carbocycles. The van der Waals surface area contributed by atoms with E-state index in [-0.39, 0.29) is 11.9 Å². The first-order valence-corrected chi connectivity index (χ1v) is 7.17. The molecule has 0 aromatic heterocycles. The Bertz CT molecular complexity index is 281. The molecule has 0 bridgehead atoms. The number of carboxylic acid groups (broad SMARTS) is 1. The lowest BCUT2D eigenvalue weighted by molar-refractivity contribution is -0.142. The maximum atomic E-state index is 11.7. The van der Waals surface area contributed by atoms with E-state index in [0.717, 1.165) is 12.8 Å². The minimum absolute atomic E-state index is 0.190. The number of aliphatic hydroxyl groups excluding tert-OH is 1. The van der Waals surface area contributed by atoms with Gasteiger partial charge >= 0.3 is 5.97 Å². The maximum absolute atomic E-state index is 11.7. The summed E-state index contributed by atoms with van der Waals surface area (Å²) in [6, 6.07) is -0.190. The van der Waals surface area contributed by atoms with Gasteiger partial charge in [-0.25, -0.2) is 0 Å². The highest BCUT2D eigenvalue weighted by Gasteiger charge is 2.23. The van der Waals surface area contributed by atoms with Crippen molar-refractivity contribution in [2.75, 3.05) is 0 Å². The van der Waals surface area contributed by atoms with Crippen LogP contribution in [0.25, 0.3) is 0 Å². The van der Waals surface area contributed by atoms with E-state index in [1.807, 2.05) is 20.8 Å². The van der Waals surface area contributed by atoms with Crippen LogP contribution >= 0.6 is 0 Å². The first-order valence-electron chi connectivity index (χ1n) is 7.17. The summed E-state index contributed by atoms with van der Waals surface area (Å²) in [6.07, 6.45) is 2.81. The minimum atomic E-state index is -0.987. The van der Waals surface area contributed by atoms with E-state index in [9.17, 15) is 14.7 Å². The molecule has 112 valence electrons. The highest BCUT2D eigenvalue weighted by molar-refractivity contribution is 5.80. The molecule has 3 N–H and O–H groups in total. The lowest BCUT2D eigenvalue weighted by Crippen LogP contribution is -2.42. The summed E-state index contributed by atoms with van der Waals surface area (Å²) in [7, 11) is 0. The summed E-state index contributed by atoms with van der Waals surface area (Å²) in [6.45, 7) is 5.72. The van der Waals surface area contributed by atoms with Crippen LogP contribution in [0.5, 0.6) is 0 Å². The van der Waals surface area contributed by atoms with Crippen LogP contribution < -0.4 is 5.32 Å². The molecule has 19 heavy (non-hydrogen) atoms. The first-order chi connectivity index (χ1) is 8.96. The molecule has 0 heterocycles. The normalized spacial score (nSPS) is 15.6. The zero-order chi connectivity index (χ0) is 14.8. The summed E-state index contributed by atoms with van der Waals surface area (Å²) in [5, 5.41) is 21.4. The van der Waals surface area contributed by atoms with Crippen molar-refractivity contribution >= 4 is 11.9 Å². The van der Waals surface area contributed by atoms with Crippen LogP contribution in [0, 0.1) is 5.92 Å². The highest BCUT2D eigenvalue weighted by atomic mass is 16.4. The van der Waals surface area contributed by atoms with Crippen LogP contribution in [0.4, 0.5) is 0 Å². The fourth-order valence-electron chi connectivity index (χ4n) is 1.94. The zero-order valence-corrected chi connectivity index (χ0v) is 12.2. The third-order valence-electron chi connectivity index (χ3n) is 3.38. The molecule has 0 spiro atoms. The largest absolute Gasteiger partial charge is 0.481 e. The van der Waals surface area contributed by atoms with Crippen LogP contribution in [-0.2, 0) is 9.59 Å². The van der Waals surface area contributed by atoms with Gasteiger partial charge in [0.15, 0.2) is 0 Å². The van der Waals surface area contributed by atoms with E-state index in [2.05, 4.69) is 5.32 Å². The number of rotatable bonds is 10. The van der Waals surface area contributed by atoms with Gasteiger partial charge in [-0.3, -0.25) is 9.59 Å². The third kappa shape index (κ3) is 7.15. The van der Waals surface area contributed by atoms with E-state index in [4.69, 9.17) is 5.11 Å². The van der Waals surface area contributed by atoms with Crippen molar-refractivity contribution in [1.29, 1.82) is 0 Å². The second-order valence-corrected chi connectivity index (χ2v) is 4.95. The molecule has 3 unspecified atom stereocenters. The number of aliphatic hydroxyl groups is 1. The smallest absolute Gasteiger partial charge is 0.306 e. The number of amides is 1. The number of carbonyl (C=O) groups excluding carboxylic acids is 1. The fourth-order valence-corrected chi connectivity index (χ4v) is 1.94. The second kappa shape index (κ2) is 9.78. The number of hydrogen-bond acceptors (Lipinski definition) is 3. The Morgan fingerprint density at radius 2 is 1.79 bits per heavy atom. The molecular weight excluding hydrogens is 246 g/mol. The molecule has 0 aliphatic heterocycles. The van der Waals surface area contributed by atoms with Crippen molar-refractivity contribution in [3.63, 3.8) is 0 Å². The molecule has 0 radical (unpaired) electrons. The van der Waals surface area contributed by atoms with Crippen LogP contribution in [0.2, 0.25) is 0 Å². The van der Waals surface area contributed by atoms with Crippen molar-refractivity contribution in [2.24, 2.45) is 5.92 Å². The summed E-state index contributed by atoms with van der Waals surface area (Å²) < 4.78 is 0. The van der Waals surface area contributed by atoms with Gasteiger partial charge in [0.1, 0.15) is 6.10 Å². The monoisotopic (exact) mass is 273 g/mol. The Morgan fingerprint density at radius 1 is 1.16 bits per heavy atom. The Kier molecular flexibility index (Phi) is 9.21. The van der Waals surface area contributed by atoms with E-state index in [1.54, 1.807) is 0 Å². The Labute approximate surface area is 115 Å². The Balaban J connectivity index is 4.31. The van der Waals surface area contributed by atoms with Gasteiger partial charge in [0.2, 0.25) is 5.91 Å². The number of nitrogens with one attached hydrogen (secondary N) is 1. The van der Waals surface area contributed by atoms with E-state index < -0.39 is 18.0 Å². The van der Waals surface area contributed by atoms with Gasteiger partial charge in [-0.1, -0.05) is 33.6 Å². The topological polar surface area (TPSA) is 86.6 Å². The molecule has 0 aliphatic carbocycles. The zero-order valence-electron chi connectivity index (χ0n) is 12.2. The maximum Gasteiger partial charge on any atom is 0.306 e. The van der Waals surface area contributed by atoms with Crippen molar-refractivity contribution in [1.82, 2.24) is 5.32 Å². The molecule has 5 nitrogen and oxygen atoms in total. The van der Waals surface area contributed by atoms with Gasteiger partial charge < -0.3 is 15.5 Å². The molecule has 1 amide bonds. The van der Waals surface area contributed by atoms with Crippen LogP contribution in [0.15, 0.2) is 0 Å². The predicted molar refractivity (Wildman–Crippen MR) is 73.8 cm³/mol. The van der Waals surface area contributed by atoms with Gasteiger partial charge in [-0.15, -0.1) is 0 Å². The third-order valence-corrected chi connectivity index (χ3v) is 3.38. The molecule has 0 aliphatic rings. The summed E-state index contributed by atoms with van der Waals surface area (Å²) in [4.78, 5) is 22.7. The van der Waals surface area contributed by atoms with Crippen LogP contribution in [0.1, 0.15) is 59.3 Å². The standard InChI is InChI=1S/C14H27NO4/c1-4-7-8-12(16)13(17)15-11(6-3)9-10(5-2)14(18)19/h10-12,16H,4-9H2,1-3H3,(H,15,17)(H,18,19). The van der Waals surface area contributed by atoms with Gasteiger partial charge in [0, 0.05) is 6.04 Å². The quantitative estimate of drug-likeness (QED) is 0.567. The van der Waals surface area contributed by atoms with Crippen molar-refractivity contribution < 1.29 is 19.8 Å². The molecule has 5 heteroatoms. The van der Waals surface area contributed by atoms with Gasteiger partial charge in [0.25, 0.3) is 0 Å². The molecule has 0 saturated heterocycles. The van der Waals surface area contributed by atoms with E-state index >= 15 is 0 Å². The Hall–Kier alpha value is -1.10. The summed E-state index contributed by atoms with van der Waals surface area (Å²) in [5.41, 5.74) is 0. The highest BCUT2D eigenvalue weighted by Crippen LogP contribution is 2.14. The van der Waals surface area contributed by atoms with Crippen molar-refractivity contribution in [3.8, 4) is 0 Å². The molecular formula is C14H27NO4. The Morgan fingerprint density at radius 3 is 2.21 bits per heavy atom. The van der Waals surface area contributed by atoms with Gasteiger partial charge in [-0.2, -0.15) is 0 Å². The summed E-state index contributed by atoms with van der Waals surface area (Å²) >= 11 is 0. The van der Waals surface area contributed by atoms with Gasteiger partial charge in [-0.05, 0) is 25.7 Å². The lowest BCUT2D eigenvalue weighted by atomic mass is 9.95. The molecule has 3 atom stereocenters. The second-order valence-electron chi connectivity index (χ2n) is 4.95. The number of hydrogen-bond donors (Lipinski definition) is 3. The van der Waals surface area contributed by atoms with Crippen molar-refractivity contribution in [2.45, 2.75) is 71.4 Å². The van der Waals surface area contributed by atoms with E-state index in [1.165, 1.54) is 0 Å². The molecule has 0 saturated carbocycles. The predicted octanol–water partition coefficient (Wildman–Crippen LogP) is 1.93. The van der Waals surface area contributed by atoms with Crippen molar-refractivity contribution in [3.05, 3.63) is 0 Å². The first kappa shape index (κ1) is 17.9. The van der Waals surface area contributed by atoms with Crippen LogP contribution in [-0.4, -0.2) is 34.2 Å². The number of aliphatic carboxylic acids is 1. The number of carboxylic acids is 1. The van der Waals surface area contributed by atoms with E-state index in [0.29, 0.717) is 25.7 Å². The number of carbonyl (C=O) groups is 2.